The summed E-state index contributed by atoms with van der Waals surface area (Å²) in [5.74, 6) is -2.38. The largest absolute Gasteiger partial charge is 0.455 e. The van der Waals surface area contributed by atoms with Crippen LogP contribution < -0.4 is 0 Å². The molecular weight excluding hydrogens is 640 g/mol. The zero-order valence-corrected chi connectivity index (χ0v) is 32.0. The summed E-state index contributed by atoms with van der Waals surface area (Å²) < 4.78 is 23.9. The van der Waals surface area contributed by atoms with Gasteiger partial charge in [-0.2, -0.15) is 0 Å². The van der Waals surface area contributed by atoms with Gasteiger partial charge in [-0.05, 0) is 82.4 Å². The molecule has 2 fully saturated rings. The quantitative estimate of drug-likeness (QED) is 0.0812. The first-order valence-electron chi connectivity index (χ1n) is 18.8. The molecular formula is C39H66N2O9. The lowest BCUT2D eigenvalue weighted by atomic mass is 9.88. The number of cyclic esters (lactones) is 1. The van der Waals surface area contributed by atoms with E-state index in [1.807, 2.05) is 45.1 Å². The van der Waals surface area contributed by atoms with E-state index in [1.54, 1.807) is 25.9 Å². The Balaban J connectivity index is 1.74. The van der Waals surface area contributed by atoms with Crippen LogP contribution in [-0.4, -0.2) is 119 Å². The molecule has 50 heavy (non-hydrogen) atoms. The molecule has 3 rings (SSSR count). The van der Waals surface area contributed by atoms with Crippen molar-refractivity contribution in [2.75, 3.05) is 39.8 Å². The normalized spacial score (nSPS) is 32.9. The highest BCUT2D eigenvalue weighted by Gasteiger charge is 2.49. The molecule has 1 amide bonds. The lowest BCUT2D eigenvalue weighted by Crippen LogP contribution is -2.46. The number of ether oxygens (including phenoxy) is 4. The summed E-state index contributed by atoms with van der Waals surface area (Å²) in [5.41, 5.74) is -0.0814. The van der Waals surface area contributed by atoms with Crippen LogP contribution >= 0.6 is 0 Å². The van der Waals surface area contributed by atoms with Gasteiger partial charge in [0.25, 0.3) is 0 Å². The average Bonchev–Trinajstić information content (AvgIpc) is 3.86. The average molecular weight is 707 g/mol. The van der Waals surface area contributed by atoms with Gasteiger partial charge in [0.05, 0.1) is 12.2 Å². The van der Waals surface area contributed by atoms with Crippen molar-refractivity contribution in [3.8, 4) is 0 Å². The van der Waals surface area contributed by atoms with Crippen LogP contribution in [0, 0.1) is 23.7 Å². The van der Waals surface area contributed by atoms with E-state index >= 15 is 0 Å². The van der Waals surface area contributed by atoms with Crippen LogP contribution in [0.1, 0.15) is 93.9 Å². The first-order valence-corrected chi connectivity index (χ1v) is 18.8. The third kappa shape index (κ3) is 12.2. The molecule has 0 radical (unpaired) electrons. The Bertz CT molecular complexity index is 1190. The molecule has 0 aromatic heterocycles. The van der Waals surface area contributed by atoms with Crippen molar-refractivity contribution >= 4 is 12.1 Å². The molecule has 9 unspecified atom stereocenters. The van der Waals surface area contributed by atoms with Crippen LogP contribution in [-0.2, 0) is 23.7 Å². The number of carbonyl (C=O) groups excluding carboxylic acids is 2. The molecule has 3 aliphatic heterocycles. The van der Waals surface area contributed by atoms with Crippen molar-refractivity contribution in [2.24, 2.45) is 23.7 Å². The van der Waals surface area contributed by atoms with Gasteiger partial charge in [0.2, 0.25) is 0 Å². The summed E-state index contributed by atoms with van der Waals surface area (Å²) in [7, 11) is 1.60. The number of amides is 1. The standard InChI is InChI=1S/C39H66N2O9/c1-10-39(45,46)30(7)35-32(48-35)24-27(4)14-11-15-28(5)34-29(6)17-18-33(38(8,47-9)19-12-16-31(42)36(43)50-34)49-37(44)41-21-13-20-40(22-23-41)25-26(2)3/h11,14-15,17-18,26-27,29-35,42,45-46H,10,12-13,16,19-25H2,1-9H3/b14-11+,18-17+,28-15+. The van der Waals surface area contributed by atoms with Gasteiger partial charge in [0.15, 0.2) is 18.0 Å². The number of hydrogen-bond donors (Lipinski definition) is 3. The predicted octanol–water partition coefficient (Wildman–Crippen LogP) is 5.23. The van der Waals surface area contributed by atoms with Gasteiger partial charge < -0.3 is 44.1 Å². The summed E-state index contributed by atoms with van der Waals surface area (Å²) in [5, 5.41) is 31.1. The fourth-order valence-corrected chi connectivity index (χ4v) is 7.03. The Morgan fingerprint density at radius 1 is 1.14 bits per heavy atom. The number of esters is 1. The molecule has 0 spiro atoms. The van der Waals surface area contributed by atoms with Gasteiger partial charge in [0, 0.05) is 45.1 Å². The van der Waals surface area contributed by atoms with Crippen molar-refractivity contribution in [3.63, 3.8) is 0 Å². The summed E-state index contributed by atoms with van der Waals surface area (Å²) in [6.45, 7) is 19.7. The number of aliphatic hydroxyl groups is 3. The number of allylic oxidation sites excluding steroid dienone is 3. The molecule has 3 N–H and O–H groups in total. The molecule has 2 saturated heterocycles. The van der Waals surface area contributed by atoms with E-state index in [0.717, 1.165) is 38.0 Å². The third-order valence-electron chi connectivity index (χ3n) is 10.7. The lowest BCUT2D eigenvalue weighted by molar-refractivity contribution is -0.201. The molecule has 3 heterocycles. The van der Waals surface area contributed by atoms with E-state index in [0.29, 0.717) is 31.8 Å². The van der Waals surface area contributed by atoms with Crippen LogP contribution in [0.25, 0.3) is 0 Å². The monoisotopic (exact) mass is 706 g/mol. The molecule has 0 aromatic carbocycles. The SMILES string of the molecule is CCC(O)(O)C(C)C1OC1CC(C)/C=C/C=C(\C)C1OC(=O)C(O)CCCC(C)(OC)C(OC(=O)N2CCCN(CC(C)C)CC2)/C=C/C1C. The summed E-state index contributed by atoms with van der Waals surface area (Å²) in [6, 6.07) is 0. The first-order chi connectivity index (χ1) is 23.5. The maximum absolute atomic E-state index is 13.6. The van der Waals surface area contributed by atoms with E-state index in [-0.39, 0.29) is 48.9 Å². The maximum atomic E-state index is 13.6. The highest BCUT2D eigenvalue weighted by atomic mass is 16.6. The second-order valence-corrected chi connectivity index (χ2v) is 15.5. The molecule has 0 saturated carbocycles. The van der Waals surface area contributed by atoms with Crippen LogP contribution in [0.5, 0.6) is 0 Å². The van der Waals surface area contributed by atoms with E-state index < -0.39 is 35.7 Å². The molecule has 0 aliphatic carbocycles. The van der Waals surface area contributed by atoms with Gasteiger partial charge >= 0.3 is 12.1 Å². The van der Waals surface area contributed by atoms with Crippen LogP contribution in [0.3, 0.4) is 0 Å². The van der Waals surface area contributed by atoms with Gasteiger partial charge in [-0.3, -0.25) is 0 Å². The first kappa shape index (κ1) is 42.1. The zero-order chi connectivity index (χ0) is 37.2. The van der Waals surface area contributed by atoms with Crippen LogP contribution in [0.15, 0.2) is 36.0 Å². The topological polar surface area (TPSA) is 142 Å². The number of nitrogens with zero attached hydrogens (tertiary/aromatic N) is 2. The Morgan fingerprint density at radius 3 is 2.52 bits per heavy atom. The van der Waals surface area contributed by atoms with Crippen LogP contribution in [0.2, 0.25) is 0 Å². The minimum Gasteiger partial charge on any atom is -0.455 e. The highest BCUT2D eigenvalue weighted by Crippen LogP contribution is 2.39. The highest BCUT2D eigenvalue weighted by molar-refractivity contribution is 5.74. The van der Waals surface area contributed by atoms with E-state index in [2.05, 4.69) is 31.7 Å². The van der Waals surface area contributed by atoms with Crippen molar-refractivity contribution < 1.29 is 43.9 Å². The van der Waals surface area contributed by atoms with E-state index in [9.17, 15) is 24.9 Å². The number of methoxy groups -OCH3 is 1. The molecule has 0 bridgehead atoms. The second kappa shape index (κ2) is 19.0. The third-order valence-corrected chi connectivity index (χ3v) is 10.7. The zero-order valence-electron chi connectivity index (χ0n) is 32.0. The van der Waals surface area contributed by atoms with Gasteiger partial charge in [-0.1, -0.05) is 65.8 Å². The maximum Gasteiger partial charge on any atom is 0.410 e. The smallest absolute Gasteiger partial charge is 0.410 e. The molecule has 286 valence electrons. The molecule has 9 atom stereocenters. The van der Waals surface area contributed by atoms with Crippen molar-refractivity contribution in [1.82, 2.24) is 9.80 Å². The Labute approximate surface area is 300 Å². The van der Waals surface area contributed by atoms with Crippen molar-refractivity contribution in [3.05, 3.63) is 36.0 Å². The molecule has 11 nitrogen and oxygen atoms in total. The van der Waals surface area contributed by atoms with Crippen molar-refractivity contribution in [1.29, 1.82) is 0 Å². The summed E-state index contributed by atoms with van der Waals surface area (Å²) in [6.07, 6.45) is 9.40. The summed E-state index contributed by atoms with van der Waals surface area (Å²) >= 11 is 0. The van der Waals surface area contributed by atoms with E-state index in [1.165, 1.54) is 0 Å². The second-order valence-electron chi connectivity index (χ2n) is 15.5. The van der Waals surface area contributed by atoms with Gasteiger partial charge in [-0.25, -0.2) is 9.59 Å². The Hall–Kier alpha value is -2.28. The fraction of sp³-hybridized carbons (Fsp3) is 0.795. The number of carbonyl (C=O) groups is 2. The Morgan fingerprint density at radius 2 is 1.86 bits per heavy atom. The van der Waals surface area contributed by atoms with Crippen LogP contribution in [0.4, 0.5) is 4.79 Å². The molecule has 3 aliphatic rings. The molecule has 11 heteroatoms. The number of hydrogen-bond acceptors (Lipinski definition) is 10. The summed E-state index contributed by atoms with van der Waals surface area (Å²) in [4.78, 5) is 30.8. The number of epoxide rings is 1. The Kier molecular flexibility index (Phi) is 16.0. The molecule has 0 aromatic rings. The van der Waals surface area contributed by atoms with Gasteiger partial charge in [0.1, 0.15) is 11.7 Å². The predicted molar refractivity (Wildman–Crippen MR) is 193 cm³/mol. The number of rotatable bonds is 12. The minimum absolute atomic E-state index is 0.0300. The minimum atomic E-state index is -1.74. The number of aliphatic hydroxyl groups excluding tert-OH is 1. The van der Waals surface area contributed by atoms with Crippen molar-refractivity contribution in [2.45, 2.75) is 136 Å². The fourth-order valence-electron chi connectivity index (χ4n) is 7.03. The van der Waals surface area contributed by atoms with E-state index in [4.69, 9.17) is 18.9 Å². The lowest BCUT2D eigenvalue weighted by Gasteiger charge is -2.36. The van der Waals surface area contributed by atoms with Gasteiger partial charge in [-0.15, -0.1) is 0 Å².